The van der Waals surface area contributed by atoms with Gasteiger partial charge in [-0.05, 0) is 31.8 Å². The van der Waals surface area contributed by atoms with E-state index in [1.807, 2.05) is 0 Å². The van der Waals surface area contributed by atoms with E-state index in [1.165, 1.54) is 25.9 Å². The second-order valence-electron chi connectivity index (χ2n) is 4.81. The molecule has 0 saturated carbocycles. The van der Waals surface area contributed by atoms with Crippen LogP contribution in [0.5, 0.6) is 0 Å². The van der Waals surface area contributed by atoms with Crippen LogP contribution in [0.25, 0.3) is 0 Å². The molecule has 3 N–H and O–H groups in total. The average Bonchev–Trinajstić information content (AvgIpc) is 2.35. The van der Waals surface area contributed by atoms with Crippen molar-refractivity contribution in [2.75, 3.05) is 30.7 Å². The van der Waals surface area contributed by atoms with Gasteiger partial charge in [-0.2, -0.15) is 4.98 Å². The summed E-state index contributed by atoms with van der Waals surface area (Å²) < 4.78 is 0. The predicted octanol–water partition coefficient (Wildman–Crippen LogP) is 1.22. The van der Waals surface area contributed by atoms with Crippen molar-refractivity contribution < 1.29 is 0 Å². The topological polar surface area (TPSA) is 67.1 Å². The third-order valence-corrected chi connectivity index (χ3v) is 4.02. The molecule has 1 unspecified atom stereocenters. The standard InChI is InChI=1S/C11H16ClN5/c12-8-5-14-11(13)16-10(8)15-9-6-17-3-1-7(9)2-4-17/h5,7,9H,1-4,6H2,(H3,13,14,15,16). The average molecular weight is 254 g/mol. The van der Waals surface area contributed by atoms with Crippen LogP contribution in [0.15, 0.2) is 6.20 Å². The molecule has 3 saturated heterocycles. The number of hydrogen-bond donors (Lipinski definition) is 2. The first-order valence-corrected chi connectivity index (χ1v) is 6.37. The van der Waals surface area contributed by atoms with Gasteiger partial charge in [0.05, 0.1) is 6.20 Å². The van der Waals surface area contributed by atoms with Crippen LogP contribution in [0.4, 0.5) is 11.8 Å². The zero-order chi connectivity index (χ0) is 11.8. The molecular weight excluding hydrogens is 238 g/mol. The molecule has 3 aliphatic heterocycles. The van der Waals surface area contributed by atoms with Crippen molar-refractivity contribution in [3.8, 4) is 0 Å². The highest BCUT2D eigenvalue weighted by atomic mass is 35.5. The fourth-order valence-corrected chi connectivity index (χ4v) is 2.93. The number of nitrogens with zero attached hydrogens (tertiary/aromatic N) is 3. The summed E-state index contributed by atoms with van der Waals surface area (Å²) in [4.78, 5) is 10.5. The number of anilines is 2. The molecule has 5 nitrogen and oxygen atoms in total. The highest BCUT2D eigenvalue weighted by molar-refractivity contribution is 6.32. The second kappa shape index (κ2) is 4.31. The summed E-state index contributed by atoms with van der Waals surface area (Å²) in [7, 11) is 0. The Hall–Kier alpha value is -1.07. The molecule has 0 spiro atoms. The first-order valence-electron chi connectivity index (χ1n) is 5.99. The van der Waals surface area contributed by atoms with Crippen molar-refractivity contribution in [1.29, 1.82) is 0 Å². The van der Waals surface area contributed by atoms with E-state index in [0.717, 1.165) is 12.5 Å². The zero-order valence-corrected chi connectivity index (χ0v) is 10.3. The molecule has 0 aromatic carbocycles. The van der Waals surface area contributed by atoms with Gasteiger partial charge in [0.15, 0.2) is 5.82 Å². The number of hydrogen-bond acceptors (Lipinski definition) is 5. The third-order valence-electron chi connectivity index (χ3n) is 3.74. The Morgan fingerprint density at radius 1 is 1.41 bits per heavy atom. The number of fused-ring (bicyclic) bond motifs is 3. The van der Waals surface area contributed by atoms with Crippen LogP contribution in [-0.2, 0) is 0 Å². The van der Waals surface area contributed by atoms with E-state index in [0.29, 0.717) is 16.9 Å². The van der Waals surface area contributed by atoms with Gasteiger partial charge < -0.3 is 16.0 Å². The van der Waals surface area contributed by atoms with Crippen LogP contribution in [0.3, 0.4) is 0 Å². The van der Waals surface area contributed by atoms with Gasteiger partial charge in [-0.25, -0.2) is 4.98 Å². The van der Waals surface area contributed by atoms with Crippen molar-refractivity contribution in [1.82, 2.24) is 14.9 Å². The fraction of sp³-hybridized carbons (Fsp3) is 0.636. The molecule has 0 amide bonds. The zero-order valence-electron chi connectivity index (χ0n) is 9.56. The van der Waals surface area contributed by atoms with Gasteiger partial charge in [-0.3, -0.25) is 0 Å². The SMILES string of the molecule is Nc1ncc(Cl)c(NC2CN3CCC2CC3)n1. The summed E-state index contributed by atoms with van der Waals surface area (Å²) >= 11 is 6.06. The normalized spacial score (nSPS) is 31.5. The molecule has 17 heavy (non-hydrogen) atoms. The van der Waals surface area contributed by atoms with E-state index in [2.05, 4.69) is 20.2 Å². The second-order valence-corrected chi connectivity index (χ2v) is 5.22. The monoisotopic (exact) mass is 253 g/mol. The molecule has 3 aliphatic rings. The summed E-state index contributed by atoms with van der Waals surface area (Å²) in [5.74, 6) is 1.66. The van der Waals surface area contributed by atoms with E-state index in [9.17, 15) is 0 Å². The molecule has 0 radical (unpaired) electrons. The molecule has 3 fully saturated rings. The fourth-order valence-electron chi connectivity index (χ4n) is 2.79. The summed E-state index contributed by atoms with van der Waals surface area (Å²) in [5, 5.41) is 3.95. The van der Waals surface area contributed by atoms with Crippen molar-refractivity contribution in [2.45, 2.75) is 18.9 Å². The Morgan fingerprint density at radius 3 is 2.82 bits per heavy atom. The molecule has 1 atom stereocenters. The number of nitrogens with one attached hydrogen (secondary N) is 1. The van der Waals surface area contributed by atoms with E-state index in [-0.39, 0.29) is 5.95 Å². The Morgan fingerprint density at radius 2 is 2.18 bits per heavy atom. The number of aromatic nitrogens is 2. The summed E-state index contributed by atoms with van der Waals surface area (Å²) in [6, 6.07) is 0.435. The first kappa shape index (κ1) is 11.0. The van der Waals surface area contributed by atoms with Crippen molar-refractivity contribution in [2.24, 2.45) is 5.92 Å². The van der Waals surface area contributed by atoms with Gasteiger partial charge in [-0.1, -0.05) is 11.6 Å². The predicted molar refractivity (Wildman–Crippen MR) is 68.0 cm³/mol. The maximum Gasteiger partial charge on any atom is 0.222 e. The molecule has 4 rings (SSSR count). The molecule has 2 bridgehead atoms. The minimum Gasteiger partial charge on any atom is -0.368 e. The van der Waals surface area contributed by atoms with E-state index in [1.54, 1.807) is 6.20 Å². The number of nitrogens with two attached hydrogens (primary N) is 1. The van der Waals surface area contributed by atoms with Gasteiger partial charge in [-0.15, -0.1) is 0 Å². The lowest BCUT2D eigenvalue weighted by Crippen LogP contribution is -2.53. The quantitative estimate of drug-likeness (QED) is 0.830. The summed E-state index contributed by atoms with van der Waals surface area (Å²) in [6.45, 7) is 3.52. The van der Waals surface area contributed by atoms with Crippen molar-refractivity contribution >= 4 is 23.4 Å². The van der Waals surface area contributed by atoms with Crippen LogP contribution >= 0.6 is 11.6 Å². The first-order chi connectivity index (χ1) is 8.22. The van der Waals surface area contributed by atoms with Crippen LogP contribution in [-0.4, -0.2) is 40.5 Å². The lowest BCUT2D eigenvalue weighted by molar-refractivity contribution is 0.0974. The maximum absolute atomic E-state index is 6.06. The summed E-state index contributed by atoms with van der Waals surface area (Å²) in [6.07, 6.45) is 4.07. The van der Waals surface area contributed by atoms with Crippen LogP contribution in [0.1, 0.15) is 12.8 Å². The van der Waals surface area contributed by atoms with Crippen molar-refractivity contribution in [3.05, 3.63) is 11.2 Å². The van der Waals surface area contributed by atoms with Crippen molar-refractivity contribution in [3.63, 3.8) is 0 Å². The van der Waals surface area contributed by atoms with Gasteiger partial charge in [0.1, 0.15) is 5.02 Å². The third kappa shape index (κ3) is 2.17. The van der Waals surface area contributed by atoms with E-state index < -0.39 is 0 Å². The van der Waals surface area contributed by atoms with Gasteiger partial charge in [0, 0.05) is 12.6 Å². The number of piperidine rings is 3. The van der Waals surface area contributed by atoms with Gasteiger partial charge in [0.2, 0.25) is 5.95 Å². The maximum atomic E-state index is 6.06. The highest BCUT2D eigenvalue weighted by Crippen LogP contribution is 2.30. The van der Waals surface area contributed by atoms with Gasteiger partial charge in [0.25, 0.3) is 0 Å². The lowest BCUT2D eigenvalue weighted by atomic mass is 9.84. The largest absolute Gasteiger partial charge is 0.368 e. The molecule has 92 valence electrons. The Labute approximate surface area is 105 Å². The molecular formula is C11H16ClN5. The number of halogens is 1. The summed E-state index contributed by atoms with van der Waals surface area (Å²) in [5.41, 5.74) is 5.58. The molecule has 0 aliphatic carbocycles. The number of nitrogen functional groups attached to an aromatic ring is 1. The van der Waals surface area contributed by atoms with Crippen LogP contribution in [0, 0.1) is 5.92 Å². The van der Waals surface area contributed by atoms with Gasteiger partial charge >= 0.3 is 0 Å². The molecule has 1 aromatic rings. The minimum atomic E-state index is 0.262. The van der Waals surface area contributed by atoms with Crippen LogP contribution in [0.2, 0.25) is 5.02 Å². The Kier molecular flexibility index (Phi) is 2.80. The van der Waals surface area contributed by atoms with Crippen LogP contribution < -0.4 is 11.1 Å². The Balaban J connectivity index is 1.76. The smallest absolute Gasteiger partial charge is 0.222 e. The Bertz CT molecular complexity index is 416. The number of rotatable bonds is 2. The lowest BCUT2D eigenvalue weighted by Gasteiger charge is -2.45. The molecule has 1 aromatic heterocycles. The van der Waals surface area contributed by atoms with E-state index >= 15 is 0 Å². The highest BCUT2D eigenvalue weighted by Gasteiger charge is 2.34. The molecule has 6 heteroatoms. The molecule has 4 heterocycles. The minimum absolute atomic E-state index is 0.262. The van der Waals surface area contributed by atoms with E-state index in [4.69, 9.17) is 17.3 Å².